The van der Waals surface area contributed by atoms with Gasteiger partial charge in [0.25, 0.3) is 0 Å². The third-order valence-corrected chi connectivity index (χ3v) is 6.36. The second kappa shape index (κ2) is 8.38. The van der Waals surface area contributed by atoms with E-state index in [4.69, 9.17) is 0 Å². The standard InChI is InChI=1S/C20H13BrFN3OS2/c21-13-3-1-12(2-4-13)16-9-27-19-18(16)20(24-11-23-19)28-10-17(26)25-15-7-5-14(22)6-8-15/h1-9,11H,10H2,(H,25,26). The van der Waals surface area contributed by atoms with Crippen LogP contribution in [0.5, 0.6) is 0 Å². The zero-order valence-electron chi connectivity index (χ0n) is 14.4. The molecule has 0 unspecified atom stereocenters. The molecule has 28 heavy (non-hydrogen) atoms. The lowest BCUT2D eigenvalue weighted by Crippen LogP contribution is -2.14. The van der Waals surface area contributed by atoms with E-state index in [1.807, 2.05) is 24.3 Å². The summed E-state index contributed by atoms with van der Waals surface area (Å²) < 4.78 is 14.0. The molecule has 0 aliphatic heterocycles. The van der Waals surface area contributed by atoms with Crippen molar-refractivity contribution in [2.45, 2.75) is 5.03 Å². The van der Waals surface area contributed by atoms with Gasteiger partial charge in [-0.2, -0.15) is 0 Å². The quantitative estimate of drug-likeness (QED) is 0.285. The molecule has 4 nitrogen and oxygen atoms in total. The maximum atomic E-state index is 13.0. The van der Waals surface area contributed by atoms with E-state index < -0.39 is 0 Å². The van der Waals surface area contributed by atoms with Crippen molar-refractivity contribution in [2.24, 2.45) is 0 Å². The minimum Gasteiger partial charge on any atom is -0.325 e. The molecule has 140 valence electrons. The summed E-state index contributed by atoms with van der Waals surface area (Å²) >= 11 is 6.36. The van der Waals surface area contributed by atoms with Gasteiger partial charge in [-0.3, -0.25) is 4.79 Å². The van der Waals surface area contributed by atoms with Crippen LogP contribution in [0, 0.1) is 5.82 Å². The van der Waals surface area contributed by atoms with Crippen molar-refractivity contribution in [1.82, 2.24) is 9.97 Å². The van der Waals surface area contributed by atoms with Crippen LogP contribution in [0.15, 0.2) is 69.7 Å². The van der Waals surface area contributed by atoms with E-state index in [0.29, 0.717) is 5.69 Å². The second-order valence-corrected chi connectivity index (χ2v) is 8.60. The molecule has 2 aromatic heterocycles. The number of halogens is 2. The number of nitrogens with zero attached hydrogens (tertiary/aromatic N) is 2. The predicted octanol–water partition coefficient (Wildman–Crippen LogP) is 5.99. The van der Waals surface area contributed by atoms with Gasteiger partial charge in [-0.15, -0.1) is 11.3 Å². The molecule has 8 heteroatoms. The van der Waals surface area contributed by atoms with Crippen LogP contribution < -0.4 is 5.32 Å². The van der Waals surface area contributed by atoms with Gasteiger partial charge in [-0.1, -0.05) is 39.8 Å². The largest absolute Gasteiger partial charge is 0.325 e. The Hall–Kier alpha value is -2.29. The number of amides is 1. The average molecular weight is 474 g/mol. The van der Waals surface area contributed by atoms with Crippen LogP contribution >= 0.6 is 39.0 Å². The van der Waals surface area contributed by atoms with E-state index >= 15 is 0 Å². The minimum atomic E-state index is -0.339. The van der Waals surface area contributed by atoms with Crippen LogP contribution in [-0.2, 0) is 4.79 Å². The summed E-state index contributed by atoms with van der Waals surface area (Å²) in [6.07, 6.45) is 1.52. The van der Waals surface area contributed by atoms with Gasteiger partial charge >= 0.3 is 0 Å². The Balaban J connectivity index is 1.55. The molecule has 0 bridgehead atoms. The molecule has 2 aromatic carbocycles. The molecule has 2 heterocycles. The summed E-state index contributed by atoms with van der Waals surface area (Å²) in [6.45, 7) is 0. The number of aromatic nitrogens is 2. The first-order valence-corrected chi connectivity index (χ1v) is 10.9. The van der Waals surface area contributed by atoms with E-state index in [2.05, 4.69) is 36.6 Å². The van der Waals surface area contributed by atoms with Crippen LogP contribution in [-0.4, -0.2) is 21.6 Å². The predicted molar refractivity (Wildman–Crippen MR) is 116 cm³/mol. The molecule has 0 saturated carbocycles. The summed E-state index contributed by atoms with van der Waals surface area (Å²) in [7, 11) is 0. The zero-order valence-corrected chi connectivity index (χ0v) is 17.6. The third kappa shape index (κ3) is 4.24. The first-order chi connectivity index (χ1) is 13.6. The van der Waals surface area contributed by atoms with Crippen molar-refractivity contribution < 1.29 is 9.18 Å². The summed E-state index contributed by atoms with van der Waals surface area (Å²) in [6, 6.07) is 13.7. The van der Waals surface area contributed by atoms with E-state index in [0.717, 1.165) is 30.8 Å². The Morgan fingerprint density at radius 3 is 2.61 bits per heavy atom. The van der Waals surface area contributed by atoms with Gasteiger partial charge in [0.05, 0.1) is 11.1 Å². The number of hydrogen-bond acceptors (Lipinski definition) is 5. The highest BCUT2D eigenvalue weighted by Crippen LogP contribution is 2.38. The van der Waals surface area contributed by atoms with Crippen molar-refractivity contribution >= 4 is 60.8 Å². The molecule has 0 aliphatic carbocycles. The topological polar surface area (TPSA) is 54.9 Å². The van der Waals surface area contributed by atoms with Crippen LogP contribution in [0.4, 0.5) is 10.1 Å². The number of rotatable bonds is 5. The van der Waals surface area contributed by atoms with Crippen LogP contribution in [0.2, 0.25) is 0 Å². The van der Waals surface area contributed by atoms with Gasteiger partial charge in [-0.25, -0.2) is 14.4 Å². The molecule has 1 amide bonds. The van der Waals surface area contributed by atoms with Crippen LogP contribution in [0.1, 0.15) is 0 Å². The fraction of sp³-hybridized carbons (Fsp3) is 0.0500. The number of carbonyl (C=O) groups is 1. The van der Waals surface area contributed by atoms with Gasteiger partial charge < -0.3 is 5.32 Å². The van der Waals surface area contributed by atoms with E-state index in [1.165, 1.54) is 42.4 Å². The highest BCUT2D eigenvalue weighted by molar-refractivity contribution is 9.10. The lowest BCUT2D eigenvalue weighted by molar-refractivity contribution is -0.113. The van der Waals surface area contributed by atoms with Crippen molar-refractivity contribution in [3.63, 3.8) is 0 Å². The molecule has 0 aliphatic rings. The Kier molecular flexibility index (Phi) is 5.70. The summed E-state index contributed by atoms with van der Waals surface area (Å²) in [5.74, 6) is -0.323. The smallest absolute Gasteiger partial charge is 0.234 e. The summed E-state index contributed by atoms with van der Waals surface area (Å²) in [5, 5.41) is 6.54. The lowest BCUT2D eigenvalue weighted by atomic mass is 10.1. The first kappa shape index (κ1) is 19.0. The molecule has 0 saturated heterocycles. The highest BCUT2D eigenvalue weighted by Gasteiger charge is 2.15. The SMILES string of the molecule is O=C(CSc1ncnc2scc(-c3ccc(Br)cc3)c12)Nc1ccc(F)cc1. The highest BCUT2D eigenvalue weighted by atomic mass is 79.9. The fourth-order valence-corrected chi connectivity index (χ4v) is 4.72. The van der Waals surface area contributed by atoms with E-state index in [1.54, 1.807) is 11.3 Å². The Labute approximate surface area is 177 Å². The number of benzene rings is 2. The van der Waals surface area contributed by atoms with Crippen molar-refractivity contribution in [3.8, 4) is 11.1 Å². The maximum Gasteiger partial charge on any atom is 0.234 e. The van der Waals surface area contributed by atoms with Crippen molar-refractivity contribution in [1.29, 1.82) is 0 Å². The number of thioether (sulfide) groups is 1. The van der Waals surface area contributed by atoms with Gasteiger partial charge in [0.2, 0.25) is 5.91 Å². The summed E-state index contributed by atoms with van der Waals surface area (Å²) in [4.78, 5) is 21.9. The van der Waals surface area contributed by atoms with Gasteiger partial charge in [0.15, 0.2) is 0 Å². The zero-order chi connectivity index (χ0) is 19.5. The number of hydrogen-bond donors (Lipinski definition) is 1. The van der Waals surface area contributed by atoms with Gasteiger partial charge in [0, 0.05) is 21.1 Å². The number of fused-ring (bicyclic) bond motifs is 1. The number of nitrogens with one attached hydrogen (secondary N) is 1. The first-order valence-electron chi connectivity index (χ1n) is 8.26. The van der Waals surface area contributed by atoms with Gasteiger partial charge in [-0.05, 0) is 42.0 Å². The van der Waals surface area contributed by atoms with E-state index in [9.17, 15) is 9.18 Å². The minimum absolute atomic E-state index is 0.177. The number of carbonyl (C=O) groups excluding carboxylic acids is 1. The second-order valence-electron chi connectivity index (χ2n) is 5.86. The monoisotopic (exact) mass is 473 g/mol. The van der Waals surface area contributed by atoms with Crippen molar-refractivity contribution in [3.05, 3.63) is 70.5 Å². The number of anilines is 1. The average Bonchev–Trinajstić information content (AvgIpc) is 3.13. The molecular formula is C20H13BrFN3OS2. The normalized spacial score (nSPS) is 10.9. The van der Waals surface area contributed by atoms with Crippen molar-refractivity contribution in [2.75, 3.05) is 11.1 Å². The van der Waals surface area contributed by atoms with Crippen LogP contribution in [0.3, 0.4) is 0 Å². The fourth-order valence-electron chi connectivity index (χ4n) is 2.66. The number of thiophene rings is 1. The van der Waals surface area contributed by atoms with Crippen LogP contribution in [0.25, 0.3) is 21.3 Å². The molecule has 4 rings (SSSR count). The molecular weight excluding hydrogens is 461 g/mol. The van der Waals surface area contributed by atoms with E-state index in [-0.39, 0.29) is 17.5 Å². The molecule has 0 spiro atoms. The molecule has 0 radical (unpaired) electrons. The van der Waals surface area contributed by atoms with Gasteiger partial charge in [0.1, 0.15) is 22.0 Å². The molecule has 1 N–H and O–H groups in total. The molecule has 4 aromatic rings. The molecule has 0 fully saturated rings. The lowest BCUT2D eigenvalue weighted by Gasteiger charge is -2.07. The molecule has 0 atom stereocenters. The Morgan fingerprint density at radius 2 is 1.86 bits per heavy atom. The third-order valence-electron chi connectivity index (χ3n) is 3.96. The maximum absolute atomic E-state index is 13.0. The summed E-state index contributed by atoms with van der Waals surface area (Å²) in [5.41, 5.74) is 2.68. The Bertz CT molecular complexity index is 1130. The Morgan fingerprint density at radius 1 is 1.11 bits per heavy atom.